The highest BCUT2D eigenvalue weighted by molar-refractivity contribution is 5.88. The van der Waals surface area contributed by atoms with Crippen molar-refractivity contribution in [2.24, 2.45) is 5.10 Å². The third kappa shape index (κ3) is 3.57. The Kier molecular flexibility index (Phi) is 4.71. The van der Waals surface area contributed by atoms with E-state index < -0.39 is 11.7 Å². The Labute approximate surface area is 148 Å². The van der Waals surface area contributed by atoms with Gasteiger partial charge in [0.05, 0.1) is 28.6 Å². The van der Waals surface area contributed by atoms with Crippen LogP contribution in [0.4, 0.5) is 24.5 Å². The molecule has 0 aromatic heterocycles. The van der Waals surface area contributed by atoms with Crippen LogP contribution in [0.15, 0.2) is 53.6 Å². The lowest BCUT2D eigenvalue weighted by atomic mass is 10.2. The van der Waals surface area contributed by atoms with Gasteiger partial charge in [-0.05, 0) is 55.0 Å². The summed E-state index contributed by atoms with van der Waals surface area (Å²) in [4.78, 5) is 0. The van der Waals surface area contributed by atoms with Crippen molar-refractivity contribution in [3.63, 3.8) is 0 Å². The summed E-state index contributed by atoms with van der Waals surface area (Å²) < 4.78 is 38.3. The van der Waals surface area contributed by atoms with E-state index in [0.29, 0.717) is 29.2 Å². The first-order chi connectivity index (χ1) is 12.4. The zero-order chi connectivity index (χ0) is 18.7. The molecule has 1 aliphatic rings. The number of hydrogen-bond acceptors (Lipinski definition) is 5. The number of rotatable bonds is 4. The van der Waals surface area contributed by atoms with Gasteiger partial charge in [0.1, 0.15) is 5.84 Å². The quantitative estimate of drug-likeness (QED) is 0.877. The largest absolute Gasteiger partial charge is 0.416 e. The zero-order valence-corrected chi connectivity index (χ0v) is 14.0. The van der Waals surface area contributed by atoms with Crippen molar-refractivity contribution < 1.29 is 13.2 Å². The minimum atomic E-state index is -4.38. The minimum Gasteiger partial charge on any atom is -0.263 e. The molecule has 0 radical (unpaired) electrons. The van der Waals surface area contributed by atoms with Crippen molar-refractivity contribution in [2.75, 3.05) is 10.2 Å². The Balaban J connectivity index is 1.93. The van der Waals surface area contributed by atoms with Gasteiger partial charge in [0.25, 0.3) is 0 Å². The Morgan fingerprint density at radius 1 is 1.04 bits per heavy atom. The molecule has 1 N–H and O–H groups in total. The van der Waals surface area contributed by atoms with Crippen molar-refractivity contribution in [2.45, 2.75) is 25.9 Å². The maximum Gasteiger partial charge on any atom is 0.416 e. The van der Waals surface area contributed by atoms with Crippen molar-refractivity contribution in [3.05, 3.63) is 59.7 Å². The van der Waals surface area contributed by atoms with Gasteiger partial charge < -0.3 is 0 Å². The first-order valence-corrected chi connectivity index (χ1v) is 8.04. The summed E-state index contributed by atoms with van der Waals surface area (Å²) in [5.74, 6) is 0.705. The Bertz CT molecular complexity index is 835. The molecule has 0 amide bonds. The maximum atomic E-state index is 12.8. The normalized spacial score (nSPS) is 14.0. The number of nitrogens with zero attached hydrogens (tertiary/aromatic N) is 4. The summed E-state index contributed by atoms with van der Waals surface area (Å²) >= 11 is 0. The molecule has 5 nitrogen and oxygen atoms in total. The van der Waals surface area contributed by atoms with Gasteiger partial charge >= 0.3 is 6.18 Å². The van der Waals surface area contributed by atoms with Crippen molar-refractivity contribution in [3.8, 4) is 6.07 Å². The van der Waals surface area contributed by atoms with E-state index in [9.17, 15) is 13.2 Å². The number of anilines is 2. The average Bonchev–Trinajstić information content (AvgIpc) is 3.05. The van der Waals surface area contributed by atoms with Gasteiger partial charge in [-0.2, -0.15) is 28.7 Å². The average molecular weight is 359 g/mol. The van der Waals surface area contributed by atoms with Crippen LogP contribution in [0.25, 0.3) is 0 Å². The molecule has 0 bridgehead atoms. The van der Waals surface area contributed by atoms with E-state index >= 15 is 0 Å². The van der Waals surface area contributed by atoms with Gasteiger partial charge in [0, 0.05) is 6.42 Å². The van der Waals surface area contributed by atoms with Gasteiger partial charge in [-0.15, -0.1) is 5.10 Å². The van der Waals surface area contributed by atoms with Crippen molar-refractivity contribution >= 4 is 17.2 Å². The number of hydrazone groups is 1. The summed E-state index contributed by atoms with van der Waals surface area (Å²) in [6, 6.07) is 13.7. The van der Waals surface area contributed by atoms with E-state index in [1.165, 1.54) is 17.3 Å². The number of alkyl halides is 3. The second-order valence-electron chi connectivity index (χ2n) is 5.71. The molecular formula is C18H16F3N5. The molecule has 2 aromatic carbocycles. The SMILES string of the molecule is CCCC1=NN(c2ccc(C(F)(F)F)cc2)N(c2ccc(C#N)cc2)N1. The van der Waals surface area contributed by atoms with Crippen LogP contribution >= 0.6 is 0 Å². The summed E-state index contributed by atoms with van der Waals surface area (Å²) in [5, 5.41) is 16.5. The van der Waals surface area contributed by atoms with Crippen molar-refractivity contribution in [1.29, 1.82) is 5.26 Å². The van der Waals surface area contributed by atoms with Crippen LogP contribution in [0.2, 0.25) is 0 Å². The molecule has 26 heavy (non-hydrogen) atoms. The molecule has 1 heterocycles. The molecule has 3 rings (SSSR count). The van der Waals surface area contributed by atoms with Crippen LogP contribution in [0.1, 0.15) is 30.9 Å². The third-order valence-corrected chi connectivity index (χ3v) is 3.79. The van der Waals surface area contributed by atoms with Gasteiger partial charge in [0.15, 0.2) is 0 Å². The van der Waals surface area contributed by atoms with Gasteiger partial charge in [-0.3, -0.25) is 5.43 Å². The van der Waals surface area contributed by atoms with Crippen LogP contribution < -0.4 is 15.7 Å². The second-order valence-corrected chi connectivity index (χ2v) is 5.71. The summed E-state index contributed by atoms with van der Waals surface area (Å²) in [6.07, 6.45) is -2.82. The monoisotopic (exact) mass is 359 g/mol. The molecule has 0 unspecified atom stereocenters. The fourth-order valence-corrected chi connectivity index (χ4v) is 2.50. The number of amidine groups is 1. The Morgan fingerprint density at radius 2 is 1.65 bits per heavy atom. The molecule has 0 saturated carbocycles. The number of hydrazine groups is 2. The van der Waals surface area contributed by atoms with E-state index in [2.05, 4.69) is 10.5 Å². The molecule has 0 fully saturated rings. The fourth-order valence-electron chi connectivity index (χ4n) is 2.50. The van der Waals surface area contributed by atoms with E-state index in [4.69, 9.17) is 5.26 Å². The smallest absolute Gasteiger partial charge is 0.263 e. The number of nitriles is 1. The lowest BCUT2D eigenvalue weighted by Gasteiger charge is -2.28. The molecule has 2 aromatic rings. The highest BCUT2D eigenvalue weighted by Gasteiger charge is 2.31. The van der Waals surface area contributed by atoms with Crippen LogP contribution in [0, 0.1) is 11.3 Å². The third-order valence-electron chi connectivity index (χ3n) is 3.79. The lowest BCUT2D eigenvalue weighted by Crippen LogP contribution is -2.44. The Hall–Kier alpha value is -3.21. The standard InChI is InChI=1S/C18H16F3N5/c1-2-3-17-23-25(15-8-4-13(12-22)5-9-15)26(24-17)16-10-6-14(7-11-16)18(19,20)21/h4-11H,2-3H2,1H3,(H,23,24). The van der Waals surface area contributed by atoms with Gasteiger partial charge in [0.2, 0.25) is 0 Å². The predicted molar refractivity (Wildman–Crippen MR) is 93.0 cm³/mol. The summed E-state index contributed by atoms with van der Waals surface area (Å²) in [7, 11) is 0. The van der Waals surface area contributed by atoms with Gasteiger partial charge in [-0.1, -0.05) is 6.92 Å². The topological polar surface area (TPSA) is 54.7 Å². The molecule has 1 aliphatic heterocycles. The first kappa shape index (κ1) is 17.6. The van der Waals surface area contributed by atoms with Crippen LogP contribution in [-0.2, 0) is 6.18 Å². The van der Waals surface area contributed by atoms with Crippen LogP contribution in [-0.4, -0.2) is 5.84 Å². The van der Waals surface area contributed by atoms with E-state index in [1.807, 2.05) is 13.0 Å². The van der Waals surface area contributed by atoms with Crippen molar-refractivity contribution in [1.82, 2.24) is 5.43 Å². The molecular weight excluding hydrogens is 343 g/mol. The summed E-state index contributed by atoms with van der Waals surface area (Å²) in [5.41, 5.74) is 4.14. The molecule has 0 atom stereocenters. The second kappa shape index (κ2) is 6.96. The molecule has 0 spiro atoms. The van der Waals surface area contributed by atoms with Gasteiger partial charge in [-0.25, -0.2) is 0 Å². The van der Waals surface area contributed by atoms with Crippen LogP contribution in [0.5, 0.6) is 0 Å². The van der Waals surface area contributed by atoms with Crippen LogP contribution in [0.3, 0.4) is 0 Å². The number of benzene rings is 2. The predicted octanol–water partition coefficient (Wildman–Crippen LogP) is 4.44. The highest BCUT2D eigenvalue weighted by atomic mass is 19.4. The first-order valence-electron chi connectivity index (χ1n) is 8.04. The summed E-state index contributed by atoms with van der Waals surface area (Å²) in [6.45, 7) is 2.01. The van der Waals surface area contributed by atoms with E-state index in [-0.39, 0.29) is 0 Å². The molecule has 134 valence electrons. The number of hydrogen-bond donors (Lipinski definition) is 1. The maximum absolute atomic E-state index is 12.8. The fraction of sp³-hybridized carbons (Fsp3) is 0.222. The minimum absolute atomic E-state index is 0.487. The number of halogens is 3. The molecule has 0 aliphatic carbocycles. The molecule has 8 heteroatoms. The Morgan fingerprint density at radius 3 is 2.19 bits per heavy atom. The lowest BCUT2D eigenvalue weighted by molar-refractivity contribution is -0.137. The number of nitrogens with one attached hydrogen (secondary N) is 1. The highest BCUT2D eigenvalue weighted by Crippen LogP contribution is 2.32. The van der Waals surface area contributed by atoms with E-state index in [0.717, 1.165) is 18.6 Å². The van der Waals surface area contributed by atoms with E-state index in [1.54, 1.807) is 29.4 Å². The zero-order valence-electron chi connectivity index (χ0n) is 14.0. The molecule has 0 saturated heterocycles.